The third-order valence-corrected chi connectivity index (χ3v) is 8.95. The third-order valence-electron chi connectivity index (χ3n) is 7.83. The second-order valence-electron chi connectivity index (χ2n) is 10.2. The van der Waals surface area contributed by atoms with Gasteiger partial charge in [-0.15, -0.1) is 11.8 Å². The number of hydrogen-bond donors (Lipinski definition) is 0. The van der Waals surface area contributed by atoms with Crippen LogP contribution in [0.2, 0.25) is 0 Å². The van der Waals surface area contributed by atoms with Gasteiger partial charge in [-0.25, -0.2) is 8.78 Å². The summed E-state index contributed by atoms with van der Waals surface area (Å²) in [5.41, 5.74) is 2.36. The second-order valence-corrected chi connectivity index (χ2v) is 11.2. The minimum Gasteiger partial charge on any atom is -0.482 e. The largest absolute Gasteiger partial charge is 0.482 e. The highest BCUT2D eigenvalue weighted by Crippen LogP contribution is 2.45. The molecule has 0 bridgehead atoms. The average Bonchev–Trinajstić information content (AvgIpc) is 3.17. The van der Waals surface area contributed by atoms with E-state index in [0.717, 1.165) is 22.1 Å². The van der Waals surface area contributed by atoms with Gasteiger partial charge in [0.05, 0.1) is 6.04 Å². The van der Waals surface area contributed by atoms with Gasteiger partial charge in [0, 0.05) is 41.4 Å². The Balaban J connectivity index is 1.46. The van der Waals surface area contributed by atoms with Crippen molar-refractivity contribution in [1.29, 1.82) is 0 Å². The number of rotatable bonds is 4. The van der Waals surface area contributed by atoms with Crippen molar-refractivity contribution >= 4 is 17.7 Å². The summed E-state index contributed by atoms with van der Waals surface area (Å²) in [6.45, 7) is 0.453. The van der Waals surface area contributed by atoms with Crippen LogP contribution in [-0.2, 0) is 12.4 Å². The van der Waals surface area contributed by atoms with Crippen LogP contribution in [0.15, 0.2) is 101 Å². The number of ether oxygens (including phenoxy) is 1. The van der Waals surface area contributed by atoms with Crippen LogP contribution in [-0.4, -0.2) is 28.2 Å². The summed E-state index contributed by atoms with van der Waals surface area (Å²) in [4.78, 5) is 29.9. The molecule has 0 radical (unpaired) electrons. The molecule has 1 unspecified atom stereocenters. The summed E-state index contributed by atoms with van der Waals surface area (Å²) < 4.78 is 37.6. The van der Waals surface area contributed by atoms with Crippen LogP contribution in [0.1, 0.15) is 45.2 Å². The van der Waals surface area contributed by atoms with Crippen molar-refractivity contribution in [3.63, 3.8) is 0 Å². The van der Waals surface area contributed by atoms with Crippen LogP contribution in [0.25, 0.3) is 0 Å². The first-order valence-electron chi connectivity index (χ1n) is 13.4. The lowest BCUT2D eigenvalue weighted by Gasteiger charge is -2.51. The number of pyridine rings is 1. The highest BCUT2D eigenvalue weighted by molar-refractivity contribution is 7.98. The standard InChI is InChI=1S/C32H25F2N3O3S/c33-24-14-13-21-23(28(24)34)19-41-26-11-5-4-10-22(26)29(21)37-27-12-6-7-16-35(27)32(39)30-31(25(38)15-17-36(30)37)40-18-20-8-2-1-3-9-20/h1-11,13-15,17,27,29H,12,16,18-19H2/t27?,29-/m0/s1. The zero-order chi connectivity index (χ0) is 28.1. The fourth-order valence-electron chi connectivity index (χ4n) is 5.92. The molecule has 0 N–H and O–H groups in total. The van der Waals surface area contributed by atoms with Crippen molar-refractivity contribution in [2.24, 2.45) is 0 Å². The number of aromatic nitrogens is 1. The molecule has 2 atom stereocenters. The number of carbonyl (C=O) groups excluding carboxylic acids is 1. The summed E-state index contributed by atoms with van der Waals surface area (Å²) in [5.74, 6) is -1.87. The number of hydrogen-bond acceptors (Lipinski definition) is 5. The normalized spacial score (nSPS) is 19.1. The molecule has 0 spiro atoms. The Morgan fingerprint density at radius 1 is 0.902 bits per heavy atom. The summed E-state index contributed by atoms with van der Waals surface area (Å²) in [7, 11) is 0. The van der Waals surface area contributed by atoms with Crippen LogP contribution in [0, 0.1) is 11.6 Å². The molecule has 3 aliphatic rings. The monoisotopic (exact) mass is 569 g/mol. The van der Waals surface area contributed by atoms with Gasteiger partial charge in [-0.05, 0) is 28.8 Å². The minimum atomic E-state index is -0.897. The van der Waals surface area contributed by atoms with E-state index in [4.69, 9.17) is 4.74 Å². The molecule has 9 heteroatoms. The lowest BCUT2D eigenvalue weighted by molar-refractivity contribution is 0.0566. The summed E-state index contributed by atoms with van der Waals surface area (Å²) in [5, 5.41) is 2.01. The number of halogens is 2. The zero-order valence-electron chi connectivity index (χ0n) is 21.9. The molecule has 0 saturated heterocycles. The Bertz CT molecular complexity index is 1760. The average molecular weight is 570 g/mol. The lowest BCUT2D eigenvalue weighted by Crippen LogP contribution is -2.63. The van der Waals surface area contributed by atoms with Crippen LogP contribution in [0.3, 0.4) is 0 Å². The van der Waals surface area contributed by atoms with Gasteiger partial charge < -0.3 is 9.64 Å². The highest BCUT2D eigenvalue weighted by Gasteiger charge is 2.45. The molecule has 4 heterocycles. The van der Waals surface area contributed by atoms with E-state index in [1.54, 1.807) is 21.8 Å². The number of amides is 1. The molecule has 1 amide bonds. The van der Waals surface area contributed by atoms with Gasteiger partial charge in [-0.3, -0.25) is 19.3 Å². The van der Waals surface area contributed by atoms with Crippen molar-refractivity contribution < 1.29 is 18.3 Å². The quantitative estimate of drug-likeness (QED) is 0.292. The van der Waals surface area contributed by atoms with Crippen LogP contribution < -0.4 is 15.2 Å². The highest BCUT2D eigenvalue weighted by atomic mass is 32.2. The SMILES string of the molecule is O=C1c2c(OCc3ccccc3)c(=O)ccn2N([C@@H]2c3ccccc3SCc3c2ccc(F)c3F)C2CC=CCN12. The Kier molecular flexibility index (Phi) is 6.38. The summed E-state index contributed by atoms with van der Waals surface area (Å²) in [6, 6.07) is 20.8. The lowest BCUT2D eigenvalue weighted by atomic mass is 9.92. The van der Waals surface area contributed by atoms with E-state index in [-0.39, 0.29) is 35.3 Å². The zero-order valence-corrected chi connectivity index (χ0v) is 22.7. The van der Waals surface area contributed by atoms with E-state index in [1.807, 2.05) is 71.8 Å². The van der Waals surface area contributed by atoms with E-state index in [1.165, 1.54) is 17.8 Å². The van der Waals surface area contributed by atoms with Crippen LogP contribution >= 0.6 is 11.8 Å². The Labute approximate surface area is 239 Å². The first kappa shape index (κ1) is 25.6. The van der Waals surface area contributed by atoms with Gasteiger partial charge in [-0.2, -0.15) is 0 Å². The van der Waals surface area contributed by atoms with Crippen molar-refractivity contribution in [3.8, 4) is 5.75 Å². The minimum absolute atomic E-state index is 0.0406. The van der Waals surface area contributed by atoms with E-state index >= 15 is 4.39 Å². The number of benzene rings is 3. The molecule has 0 saturated carbocycles. The molecule has 4 aromatic rings. The molecule has 3 aromatic carbocycles. The molecule has 1 aromatic heterocycles. The van der Waals surface area contributed by atoms with E-state index < -0.39 is 29.3 Å². The third kappa shape index (κ3) is 4.23. The van der Waals surface area contributed by atoms with Gasteiger partial charge in [0.1, 0.15) is 12.8 Å². The Morgan fingerprint density at radius 3 is 2.56 bits per heavy atom. The molecule has 7 rings (SSSR count). The first-order valence-corrected chi connectivity index (χ1v) is 14.4. The van der Waals surface area contributed by atoms with Crippen molar-refractivity contribution in [2.45, 2.75) is 35.9 Å². The van der Waals surface area contributed by atoms with E-state index in [0.29, 0.717) is 18.5 Å². The summed E-state index contributed by atoms with van der Waals surface area (Å²) in [6.07, 6.45) is 5.61. The first-order chi connectivity index (χ1) is 20.0. The molecule has 0 fully saturated rings. The van der Waals surface area contributed by atoms with Crippen molar-refractivity contribution in [3.05, 3.63) is 141 Å². The van der Waals surface area contributed by atoms with E-state index in [2.05, 4.69) is 0 Å². The van der Waals surface area contributed by atoms with Gasteiger partial charge >= 0.3 is 0 Å². The molecule has 41 heavy (non-hydrogen) atoms. The molecule has 206 valence electrons. The molecular formula is C32H25F2N3O3S. The Morgan fingerprint density at radius 2 is 1.71 bits per heavy atom. The maximum Gasteiger partial charge on any atom is 0.278 e. The number of carbonyl (C=O) groups is 1. The van der Waals surface area contributed by atoms with Gasteiger partial charge in [0.15, 0.2) is 23.1 Å². The topological polar surface area (TPSA) is 54.8 Å². The summed E-state index contributed by atoms with van der Waals surface area (Å²) >= 11 is 1.45. The number of nitrogens with zero attached hydrogens (tertiary/aromatic N) is 3. The predicted octanol–water partition coefficient (Wildman–Crippen LogP) is 5.78. The molecule has 6 nitrogen and oxygen atoms in total. The second kappa shape index (κ2) is 10.2. The van der Waals surface area contributed by atoms with Gasteiger partial charge in [-0.1, -0.05) is 66.7 Å². The molecule has 3 aliphatic heterocycles. The smallest absolute Gasteiger partial charge is 0.278 e. The fraction of sp³-hybridized carbons (Fsp3) is 0.188. The Hall–Kier alpha value is -4.37. The maximum absolute atomic E-state index is 15.3. The van der Waals surface area contributed by atoms with Gasteiger partial charge in [0.2, 0.25) is 5.43 Å². The van der Waals surface area contributed by atoms with Crippen LogP contribution in [0.5, 0.6) is 5.75 Å². The number of thioether (sulfide) groups is 1. The van der Waals surface area contributed by atoms with E-state index in [9.17, 15) is 14.0 Å². The van der Waals surface area contributed by atoms with Crippen molar-refractivity contribution in [2.75, 3.05) is 11.6 Å². The van der Waals surface area contributed by atoms with Crippen molar-refractivity contribution in [1.82, 2.24) is 9.58 Å². The maximum atomic E-state index is 15.3. The van der Waals surface area contributed by atoms with Gasteiger partial charge in [0.25, 0.3) is 5.91 Å². The van der Waals surface area contributed by atoms with Crippen LogP contribution in [0.4, 0.5) is 8.78 Å². The molecular weight excluding hydrogens is 544 g/mol. The fourth-order valence-corrected chi connectivity index (χ4v) is 7.03. The predicted molar refractivity (Wildman–Crippen MR) is 152 cm³/mol. The number of fused-ring (bicyclic) bond motifs is 4. The molecule has 0 aliphatic carbocycles.